The summed E-state index contributed by atoms with van der Waals surface area (Å²) < 4.78 is 5.47. The number of nitrogens with one attached hydrogen (secondary N) is 2. The van der Waals surface area contributed by atoms with Gasteiger partial charge in [-0.3, -0.25) is 0 Å². The van der Waals surface area contributed by atoms with E-state index in [0.29, 0.717) is 30.9 Å². The molecule has 0 spiro atoms. The molecule has 0 radical (unpaired) electrons. The van der Waals surface area contributed by atoms with Crippen molar-refractivity contribution in [2.45, 2.75) is 26.9 Å². The minimum absolute atomic E-state index is 0.475. The zero-order chi connectivity index (χ0) is 12.8. The van der Waals surface area contributed by atoms with Crippen LogP contribution in [-0.4, -0.2) is 16.7 Å². The highest BCUT2D eigenvalue weighted by atomic mass is 32.1. The minimum atomic E-state index is 0.475. The van der Waals surface area contributed by atoms with Gasteiger partial charge in [-0.15, -0.1) is 5.10 Å². The van der Waals surface area contributed by atoms with Crippen LogP contribution in [-0.2, 0) is 13.1 Å². The number of hydrogen-bond donors (Lipinski definition) is 2. The van der Waals surface area contributed by atoms with Gasteiger partial charge in [0.2, 0.25) is 5.89 Å². The summed E-state index contributed by atoms with van der Waals surface area (Å²) >= 11 is 1.68. The first-order valence-electron chi connectivity index (χ1n) is 6.02. The van der Waals surface area contributed by atoms with Gasteiger partial charge in [-0.25, -0.2) is 0 Å². The Hall–Kier alpha value is -1.40. The number of nitrogens with zero attached hydrogens (tertiary/aromatic N) is 2. The third-order valence-electron chi connectivity index (χ3n) is 2.32. The Morgan fingerprint density at radius 2 is 2.22 bits per heavy atom. The van der Waals surface area contributed by atoms with Crippen molar-refractivity contribution in [3.05, 3.63) is 28.3 Å². The lowest BCUT2D eigenvalue weighted by atomic mass is 10.2. The molecule has 0 saturated heterocycles. The van der Waals surface area contributed by atoms with Gasteiger partial charge in [0.05, 0.1) is 6.54 Å². The van der Waals surface area contributed by atoms with Gasteiger partial charge in [0.15, 0.2) is 0 Å². The van der Waals surface area contributed by atoms with Crippen molar-refractivity contribution < 1.29 is 4.42 Å². The smallest absolute Gasteiger partial charge is 0.315 e. The standard InChI is InChI=1S/C12H18N4OS/c1-9(2)5-13-7-11-15-16-12(17-11)14-6-10-3-4-18-8-10/h3-4,8-9,13H,5-7H2,1-2H3,(H,14,16). The maximum Gasteiger partial charge on any atom is 0.315 e. The Morgan fingerprint density at radius 1 is 1.33 bits per heavy atom. The lowest BCUT2D eigenvalue weighted by molar-refractivity contribution is 0.458. The largest absolute Gasteiger partial charge is 0.407 e. The van der Waals surface area contributed by atoms with Gasteiger partial charge in [-0.05, 0) is 34.9 Å². The summed E-state index contributed by atoms with van der Waals surface area (Å²) in [6.45, 7) is 6.60. The molecule has 2 N–H and O–H groups in total. The SMILES string of the molecule is CC(C)CNCc1nnc(NCc2ccsc2)o1. The average Bonchev–Trinajstić information content (AvgIpc) is 2.96. The number of hydrogen-bond acceptors (Lipinski definition) is 6. The number of thiophene rings is 1. The second-order valence-electron chi connectivity index (χ2n) is 4.51. The highest BCUT2D eigenvalue weighted by Crippen LogP contribution is 2.10. The molecule has 2 aromatic rings. The highest BCUT2D eigenvalue weighted by molar-refractivity contribution is 7.07. The first kappa shape index (κ1) is 13.0. The minimum Gasteiger partial charge on any atom is -0.407 e. The monoisotopic (exact) mass is 266 g/mol. The van der Waals surface area contributed by atoms with E-state index in [0.717, 1.165) is 6.54 Å². The molecule has 0 aliphatic rings. The maximum absolute atomic E-state index is 5.47. The first-order valence-corrected chi connectivity index (χ1v) is 6.96. The van der Waals surface area contributed by atoms with E-state index in [4.69, 9.17) is 4.42 Å². The van der Waals surface area contributed by atoms with Crippen LogP contribution in [0.25, 0.3) is 0 Å². The highest BCUT2D eigenvalue weighted by Gasteiger charge is 2.05. The normalized spacial score (nSPS) is 11.1. The molecule has 2 aromatic heterocycles. The van der Waals surface area contributed by atoms with Crippen LogP contribution in [0.15, 0.2) is 21.2 Å². The molecule has 0 aromatic carbocycles. The molecule has 0 aliphatic heterocycles. The zero-order valence-corrected chi connectivity index (χ0v) is 11.5. The molecular formula is C12H18N4OS. The molecule has 18 heavy (non-hydrogen) atoms. The van der Waals surface area contributed by atoms with E-state index in [1.165, 1.54) is 5.56 Å². The number of aromatic nitrogens is 2. The van der Waals surface area contributed by atoms with Crippen LogP contribution in [0, 0.1) is 5.92 Å². The van der Waals surface area contributed by atoms with Crippen LogP contribution in [0.1, 0.15) is 25.3 Å². The first-order chi connectivity index (χ1) is 8.74. The van der Waals surface area contributed by atoms with Crippen molar-refractivity contribution in [2.24, 2.45) is 5.92 Å². The molecule has 0 aliphatic carbocycles. The maximum atomic E-state index is 5.47. The lowest BCUT2D eigenvalue weighted by Crippen LogP contribution is -2.19. The number of anilines is 1. The summed E-state index contributed by atoms with van der Waals surface area (Å²) in [7, 11) is 0. The lowest BCUT2D eigenvalue weighted by Gasteiger charge is -2.03. The molecule has 2 heterocycles. The number of rotatable bonds is 7. The molecule has 2 rings (SSSR count). The Morgan fingerprint density at radius 3 is 2.94 bits per heavy atom. The van der Waals surface area contributed by atoms with E-state index >= 15 is 0 Å². The quantitative estimate of drug-likeness (QED) is 0.806. The van der Waals surface area contributed by atoms with E-state index in [1.54, 1.807) is 11.3 Å². The average molecular weight is 266 g/mol. The summed E-state index contributed by atoms with van der Waals surface area (Å²) in [6.07, 6.45) is 0. The fourth-order valence-electron chi connectivity index (χ4n) is 1.44. The van der Waals surface area contributed by atoms with E-state index in [1.807, 2.05) is 5.38 Å². The van der Waals surface area contributed by atoms with Crippen molar-refractivity contribution in [3.63, 3.8) is 0 Å². The Labute approximate surface area is 111 Å². The molecule has 0 amide bonds. The fraction of sp³-hybridized carbons (Fsp3) is 0.500. The molecular weight excluding hydrogens is 248 g/mol. The van der Waals surface area contributed by atoms with Crippen LogP contribution in [0.4, 0.5) is 6.01 Å². The van der Waals surface area contributed by atoms with Gasteiger partial charge < -0.3 is 15.1 Å². The molecule has 6 heteroatoms. The molecule has 0 atom stereocenters. The second-order valence-corrected chi connectivity index (χ2v) is 5.29. The molecule has 0 fully saturated rings. The Kier molecular flexibility index (Phi) is 4.72. The van der Waals surface area contributed by atoms with Crippen molar-refractivity contribution in [3.8, 4) is 0 Å². The molecule has 0 bridgehead atoms. The zero-order valence-electron chi connectivity index (χ0n) is 10.6. The van der Waals surface area contributed by atoms with Crippen LogP contribution in [0.3, 0.4) is 0 Å². The molecule has 0 unspecified atom stereocenters. The summed E-state index contributed by atoms with van der Waals surface area (Å²) in [5.74, 6) is 1.23. The topological polar surface area (TPSA) is 63.0 Å². The van der Waals surface area contributed by atoms with Crippen molar-refractivity contribution in [2.75, 3.05) is 11.9 Å². The molecule has 0 saturated carbocycles. The van der Waals surface area contributed by atoms with Crippen molar-refractivity contribution in [1.82, 2.24) is 15.5 Å². The van der Waals surface area contributed by atoms with Gasteiger partial charge in [-0.1, -0.05) is 18.9 Å². The van der Waals surface area contributed by atoms with Crippen LogP contribution in [0.5, 0.6) is 0 Å². The van der Waals surface area contributed by atoms with Gasteiger partial charge in [-0.2, -0.15) is 11.3 Å². The summed E-state index contributed by atoms with van der Waals surface area (Å²) in [5, 5.41) is 18.4. The van der Waals surface area contributed by atoms with E-state index in [9.17, 15) is 0 Å². The van der Waals surface area contributed by atoms with Crippen LogP contribution < -0.4 is 10.6 Å². The Balaban J connectivity index is 1.75. The van der Waals surface area contributed by atoms with Crippen LogP contribution >= 0.6 is 11.3 Å². The summed E-state index contributed by atoms with van der Waals surface area (Å²) in [5.41, 5.74) is 1.22. The van der Waals surface area contributed by atoms with Gasteiger partial charge in [0.1, 0.15) is 0 Å². The fourth-order valence-corrected chi connectivity index (χ4v) is 2.10. The summed E-state index contributed by atoms with van der Waals surface area (Å²) in [4.78, 5) is 0. The molecule has 5 nitrogen and oxygen atoms in total. The van der Waals surface area contributed by atoms with Gasteiger partial charge in [0.25, 0.3) is 0 Å². The van der Waals surface area contributed by atoms with E-state index in [-0.39, 0.29) is 0 Å². The van der Waals surface area contributed by atoms with Crippen molar-refractivity contribution in [1.29, 1.82) is 0 Å². The van der Waals surface area contributed by atoms with Crippen LogP contribution in [0.2, 0.25) is 0 Å². The summed E-state index contributed by atoms with van der Waals surface area (Å²) in [6, 6.07) is 2.54. The third kappa shape index (κ3) is 4.12. The van der Waals surface area contributed by atoms with Gasteiger partial charge in [0, 0.05) is 6.54 Å². The van der Waals surface area contributed by atoms with Gasteiger partial charge >= 0.3 is 6.01 Å². The predicted molar refractivity (Wildman–Crippen MR) is 72.5 cm³/mol. The molecule has 98 valence electrons. The van der Waals surface area contributed by atoms with Crippen molar-refractivity contribution >= 4 is 17.4 Å². The third-order valence-corrected chi connectivity index (χ3v) is 3.05. The van der Waals surface area contributed by atoms with E-state index < -0.39 is 0 Å². The Bertz CT molecular complexity index is 452. The second kappa shape index (κ2) is 6.51. The predicted octanol–water partition coefficient (Wildman–Crippen LogP) is 2.49. The van der Waals surface area contributed by atoms with E-state index in [2.05, 4.69) is 46.1 Å².